The number of aromatic nitrogens is 1. The molecule has 1 aliphatic carbocycles. The number of allylic oxidation sites excluding steroid dienone is 4. The fourth-order valence-corrected chi connectivity index (χ4v) is 2.87. The van der Waals surface area contributed by atoms with E-state index in [9.17, 15) is 15.2 Å². The molecule has 4 heteroatoms. The molecule has 1 N–H and O–H groups in total. The molecule has 0 saturated carbocycles. The van der Waals surface area contributed by atoms with Crippen LogP contribution < -0.4 is 5.56 Å². The van der Waals surface area contributed by atoms with Gasteiger partial charge in [-0.3, -0.25) is 4.79 Å². The number of benzene rings is 1. The summed E-state index contributed by atoms with van der Waals surface area (Å²) in [5, 5.41) is 19.9. The number of nitrogens with zero attached hydrogens (tertiary/aromatic N) is 2. The van der Waals surface area contributed by atoms with Gasteiger partial charge in [0.15, 0.2) is 5.56 Å². The Balaban J connectivity index is 2.21. The highest BCUT2D eigenvalue weighted by molar-refractivity contribution is 5.87. The van der Waals surface area contributed by atoms with Crippen LogP contribution in [0.15, 0.2) is 53.4 Å². The Morgan fingerprint density at radius 2 is 2.00 bits per heavy atom. The summed E-state index contributed by atoms with van der Waals surface area (Å²) in [4.78, 5) is 12.6. The first-order valence-electron chi connectivity index (χ1n) is 7.23. The van der Waals surface area contributed by atoms with Crippen molar-refractivity contribution < 1.29 is 5.11 Å². The van der Waals surface area contributed by atoms with E-state index < -0.39 is 5.56 Å². The molecule has 1 aromatic carbocycles. The SMILES string of the molecule is CC1C=CC=CC1Cn1c(=O)c(C#N)c(O)c2ccccc21. The summed E-state index contributed by atoms with van der Waals surface area (Å²) in [5.41, 5.74) is 0.0229. The molecule has 0 bridgehead atoms. The van der Waals surface area contributed by atoms with Crippen molar-refractivity contribution >= 4 is 10.9 Å². The van der Waals surface area contributed by atoms with Crippen molar-refractivity contribution in [2.24, 2.45) is 11.8 Å². The first-order valence-corrected chi connectivity index (χ1v) is 7.23. The Labute approximate surface area is 128 Å². The smallest absolute Gasteiger partial charge is 0.272 e. The number of para-hydroxylation sites is 1. The molecule has 22 heavy (non-hydrogen) atoms. The predicted octanol–water partition coefficient (Wildman–Crippen LogP) is 2.96. The lowest BCUT2D eigenvalue weighted by atomic mass is 9.90. The monoisotopic (exact) mass is 292 g/mol. The highest BCUT2D eigenvalue weighted by Crippen LogP contribution is 2.28. The van der Waals surface area contributed by atoms with Crippen molar-refractivity contribution in [1.82, 2.24) is 4.57 Å². The van der Waals surface area contributed by atoms with Gasteiger partial charge >= 0.3 is 0 Å². The van der Waals surface area contributed by atoms with Gasteiger partial charge in [-0.2, -0.15) is 5.26 Å². The number of fused-ring (bicyclic) bond motifs is 1. The molecule has 1 aromatic heterocycles. The molecule has 0 aliphatic heterocycles. The van der Waals surface area contributed by atoms with Gasteiger partial charge in [-0.25, -0.2) is 0 Å². The van der Waals surface area contributed by atoms with Gasteiger partial charge in [0.25, 0.3) is 5.56 Å². The Bertz CT molecular complexity index is 884. The molecule has 0 amide bonds. The second-order valence-electron chi connectivity index (χ2n) is 5.56. The van der Waals surface area contributed by atoms with Crippen molar-refractivity contribution in [3.05, 3.63) is 64.5 Å². The second kappa shape index (κ2) is 5.53. The quantitative estimate of drug-likeness (QED) is 0.925. The predicted molar refractivity (Wildman–Crippen MR) is 85.5 cm³/mol. The van der Waals surface area contributed by atoms with Crippen molar-refractivity contribution in [1.29, 1.82) is 5.26 Å². The number of nitriles is 1. The minimum absolute atomic E-state index is 0.183. The molecule has 1 heterocycles. The molecule has 0 fully saturated rings. The van der Waals surface area contributed by atoms with E-state index in [-0.39, 0.29) is 17.2 Å². The fourth-order valence-electron chi connectivity index (χ4n) is 2.87. The van der Waals surface area contributed by atoms with Crippen LogP contribution in [0, 0.1) is 23.2 Å². The number of rotatable bonds is 2. The normalized spacial score (nSPS) is 20.2. The molecule has 0 saturated heterocycles. The second-order valence-corrected chi connectivity index (χ2v) is 5.56. The Morgan fingerprint density at radius 1 is 1.27 bits per heavy atom. The third-order valence-corrected chi connectivity index (χ3v) is 4.21. The molecule has 3 rings (SSSR count). The van der Waals surface area contributed by atoms with Gasteiger partial charge in [-0.15, -0.1) is 0 Å². The van der Waals surface area contributed by atoms with E-state index in [2.05, 4.69) is 19.1 Å². The Hall–Kier alpha value is -2.80. The third-order valence-electron chi connectivity index (χ3n) is 4.21. The van der Waals surface area contributed by atoms with E-state index in [4.69, 9.17) is 0 Å². The molecule has 2 atom stereocenters. The number of hydrogen-bond donors (Lipinski definition) is 1. The van der Waals surface area contributed by atoms with Gasteiger partial charge in [-0.1, -0.05) is 43.4 Å². The maximum Gasteiger partial charge on any atom is 0.272 e. The molecule has 0 radical (unpaired) electrons. The van der Waals surface area contributed by atoms with Crippen LogP contribution in [0.3, 0.4) is 0 Å². The summed E-state index contributed by atoms with van der Waals surface area (Å²) in [7, 11) is 0. The molecular formula is C18H16N2O2. The molecule has 2 aromatic rings. The van der Waals surface area contributed by atoms with Crippen LogP contribution in [0.1, 0.15) is 12.5 Å². The maximum atomic E-state index is 12.6. The van der Waals surface area contributed by atoms with E-state index in [0.717, 1.165) is 0 Å². The zero-order valence-electron chi connectivity index (χ0n) is 12.2. The number of pyridine rings is 1. The van der Waals surface area contributed by atoms with Crippen LogP contribution in [0.25, 0.3) is 10.9 Å². The molecule has 0 spiro atoms. The minimum atomic E-state index is -0.436. The molecule has 2 unspecified atom stereocenters. The van der Waals surface area contributed by atoms with E-state index in [1.807, 2.05) is 24.3 Å². The fraction of sp³-hybridized carbons (Fsp3) is 0.222. The summed E-state index contributed by atoms with van der Waals surface area (Å²) < 4.78 is 1.60. The Morgan fingerprint density at radius 3 is 2.73 bits per heavy atom. The first kappa shape index (κ1) is 14.2. The zero-order valence-corrected chi connectivity index (χ0v) is 12.2. The highest BCUT2D eigenvalue weighted by Gasteiger charge is 2.20. The minimum Gasteiger partial charge on any atom is -0.506 e. The lowest BCUT2D eigenvalue weighted by Gasteiger charge is -2.22. The van der Waals surface area contributed by atoms with Crippen molar-refractivity contribution in [2.75, 3.05) is 0 Å². The average Bonchev–Trinajstić information content (AvgIpc) is 2.54. The van der Waals surface area contributed by atoms with Crippen LogP contribution >= 0.6 is 0 Å². The molecular weight excluding hydrogens is 276 g/mol. The van der Waals surface area contributed by atoms with Crippen LogP contribution in [0.4, 0.5) is 0 Å². The van der Waals surface area contributed by atoms with E-state index in [0.29, 0.717) is 23.4 Å². The zero-order chi connectivity index (χ0) is 15.7. The highest BCUT2D eigenvalue weighted by atomic mass is 16.3. The van der Waals surface area contributed by atoms with Gasteiger partial charge in [0, 0.05) is 17.8 Å². The lowest BCUT2D eigenvalue weighted by Crippen LogP contribution is -2.28. The summed E-state index contributed by atoms with van der Waals surface area (Å²) in [6, 6.07) is 8.95. The van der Waals surface area contributed by atoms with Gasteiger partial charge in [0.1, 0.15) is 11.8 Å². The first-order chi connectivity index (χ1) is 10.6. The van der Waals surface area contributed by atoms with Crippen molar-refractivity contribution in [2.45, 2.75) is 13.5 Å². The van der Waals surface area contributed by atoms with E-state index >= 15 is 0 Å². The summed E-state index contributed by atoms with van der Waals surface area (Å²) in [6.45, 7) is 2.58. The molecule has 4 nitrogen and oxygen atoms in total. The van der Waals surface area contributed by atoms with Gasteiger partial charge in [0.2, 0.25) is 0 Å². The van der Waals surface area contributed by atoms with Crippen LogP contribution in [0.5, 0.6) is 5.75 Å². The van der Waals surface area contributed by atoms with Gasteiger partial charge in [0.05, 0.1) is 5.52 Å². The third kappa shape index (κ3) is 2.21. The van der Waals surface area contributed by atoms with Crippen molar-refractivity contribution in [3.63, 3.8) is 0 Å². The maximum absolute atomic E-state index is 12.6. The Kier molecular flexibility index (Phi) is 3.56. The molecule has 110 valence electrons. The number of hydrogen-bond acceptors (Lipinski definition) is 3. The summed E-state index contributed by atoms with van der Waals surface area (Å²) in [6.07, 6.45) is 8.15. The lowest BCUT2D eigenvalue weighted by molar-refractivity contribution is 0.431. The van der Waals surface area contributed by atoms with E-state index in [1.165, 1.54) is 0 Å². The number of aromatic hydroxyl groups is 1. The van der Waals surface area contributed by atoms with Crippen LogP contribution in [-0.2, 0) is 6.54 Å². The van der Waals surface area contributed by atoms with Crippen molar-refractivity contribution in [3.8, 4) is 11.8 Å². The summed E-state index contributed by atoms with van der Waals surface area (Å²) >= 11 is 0. The largest absolute Gasteiger partial charge is 0.506 e. The van der Waals surface area contributed by atoms with E-state index in [1.54, 1.807) is 22.8 Å². The standard InChI is InChI=1S/C18H16N2O2/c1-12-6-2-3-7-13(12)11-20-16-9-5-4-8-14(16)17(21)15(10-19)18(20)22/h2-9,12-13,21H,11H2,1H3. The van der Waals surface area contributed by atoms with Crippen LogP contribution in [0.2, 0.25) is 0 Å². The van der Waals surface area contributed by atoms with Crippen LogP contribution in [-0.4, -0.2) is 9.67 Å². The van der Waals surface area contributed by atoms with Gasteiger partial charge < -0.3 is 9.67 Å². The topological polar surface area (TPSA) is 66.0 Å². The molecule has 1 aliphatic rings. The summed E-state index contributed by atoms with van der Waals surface area (Å²) in [5.74, 6) is 0.267. The van der Waals surface area contributed by atoms with Gasteiger partial charge in [-0.05, 0) is 18.1 Å². The average molecular weight is 292 g/mol.